The molecule has 96 valence electrons. The zero-order chi connectivity index (χ0) is 13.8. The molecule has 0 aromatic heterocycles. The second-order valence-corrected chi connectivity index (χ2v) is 4.97. The Hall–Kier alpha value is -2.29. The molecule has 0 heterocycles. The Kier molecular flexibility index (Phi) is 4.10. The van der Waals surface area contributed by atoms with Gasteiger partial charge in [-0.05, 0) is 12.1 Å². The Morgan fingerprint density at radius 1 is 1.39 bits per heavy atom. The summed E-state index contributed by atoms with van der Waals surface area (Å²) in [6.45, 7) is 3.02. The Morgan fingerprint density at radius 3 is 2.33 bits per heavy atom. The van der Waals surface area contributed by atoms with Crippen molar-refractivity contribution in [2.45, 2.75) is 4.90 Å². The summed E-state index contributed by atoms with van der Waals surface area (Å²) in [5, 5.41) is 12.8. The van der Waals surface area contributed by atoms with Gasteiger partial charge in [-0.25, -0.2) is 0 Å². The van der Waals surface area contributed by atoms with Gasteiger partial charge in [0.25, 0.3) is 15.7 Å². The van der Waals surface area contributed by atoms with Crippen molar-refractivity contribution in [1.29, 1.82) is 0 Å². The maximum atomic E-state index is 11.8. The lowest BCUT2D eigenvalue weighted by Gasteiger charge is -2.12. The predicted molar refractivity (Wildman–Crippen MR) is 63.0 cm³/mol. The summed E-state index contributed by atoms with van der Waals surface area (Å²) in [6.07, 6.45) is 1.20. The van der Waals surface area contributed by atoms with E-state index in [1.54, 1.807) is 0 Å². The number of nitrogens with zero attached hydrogens (tertiary/aromatic N) is 3. The van der Waals surface area contributed by atoms with Gasteiger partial charge in [0.05, 0.1) is 21.6 Å². The lowest BCUT2D eigenvalue weighted by molar-refractivity contribution is -0.384. The quantitative estimate of drug-likeness (QED) is 0.336. The summed E-state index contributed by atoms with van der Waals surface area (Å²) in [5.74, 6) is 0. The number of non-ortho nitro benzene ring substituents is 1. The van der Waals surface area contributed by atoms with Gasteiger partial charge >= 0.3 is 0 Å². The van der Waals surface area contributed by atoms with Crippen LogP contribution in [0, 0.1) is 15.0 Å². The molecule has 8 nitrogen and oxygen atoms in total. The highest BCUT2D eigenvalue weighted by molar-refractivity contribution is 7.89. The number of hydrogen-bond donors (Lipinski definition) is 0. The molecule has 0 N–H and O–H groups in total. The normalized spacial score (nSPS) is 10.7. The van der Waals surface area contributed by atoms with E-state index in [0.29, 0.717) is 4.41 Å². The smallest absolute Gasteiger partial charge is 0.258 e. The van der Waals surface area contributed by atoms with Crippen LogP contribution in [0.2, 0.25) is 0 Å². The second kappa shape index (κ2) is 5.36. The predicted octanol–water partition coefficient (Wildman–Crippen LogP) is 1.45. The van der Waals surface area contributed by atoms with E-state index in [9.17, 15) is 23.4 Å². The van der Waals surface area contributed by atoms with Gasteiger partial charge in [-0.2, -0.15) is 8.42 Å². The summed E-state index contributed by atoms with van der Waals surface area (Å²) in [4.78, 5) is 19.9. The summed E-state index contributed by atoms with van der Waals surface area (Å²) < 4.78 is 24.0. The topological polar surface area (TPSA) is 110 Å². The van der Waals surface area contributed by atoms with Gasteiger partial charge in [0, 0.05) is 12.1 Å². The monoisotopic (exact) mass is 271 g/mol. The van der Waals surface area contributed by atoms with Crippen LogP contribution in [0.25, 0.3) is 0 Å². The first kappa shape index (κ1) is 13.8. The van der Waals surface area contributed by atoms with E-state index in [-0.39, 0.29) is 17.1 Å². The first-order valence-corrected chi connectivity index (χ1v) is 6.09. The second-order valence-electron chi connectivity index (χ2n) is 3.13. The molecule has 0 atom stereocenters. The molecule has 0 saturated carbocycles. The average molecular weight is 271 g/mol. The Labute approximate surface area is 103 Å². The van der Waals surface area contributed by atoms with Gasteiger partial charge in [-0.15, -0.1) is 15.9 Å². The molecular weight excluding hydrogens is 262 g/mol. The number of benzene rings is 1. The Morgan fingerprint density at radius 2 is 1.94 bits per heavy atom. The third kappa shape index (κ3) is 2.69. The molecule has 1 aromatic rings. The number of sulfonamides is 1. The maximum Gasteiger partial charge on any atom is 0.281 e. The molecule has 0 fully saturated rings. The highest BCUT2D eigenvalue weighted by atomic mass is 32.2. The van der Waals surface area contributed by atoms with E-state index in [1.165, 1.54) is 6.08 Å². The van der Waals surface area contributed by atoms with Gasteiger partial charge in [0.15, 0.2) is 0 Å². The summed E-state index contributed by atoms with van der Waals surface area (Å²) in [7, 11) is -4.10. The zero-order valence-electron chi connectivity index (χ0n) is 9.09. The molecule has 0 radical (unpaired) electrons. The molecule has 9 heteroatoms. The van der Waals surface area contributed by atoms with Crippen LogP contribution < -0.4 is 0 Å². The lowest BCUT2D eigenvalue weighted by atomic mass is 10.3. The van der Waals surface area contributed by atoms with Crippen molar-refractivity contribution >= 4 is 15.7 Å². The fourth-order valence-corrected chi connectivity index (χ4v) is 2.26. The van der Waals surface area contributed by atoms with E-state index in [1.807, 2.05) is 0 Å². The summed E-state index contributed by atoms with van der Waals surface area (Å²) >= 11 is 0. The molecule has 0 bridgehead atoms. The molecule has 0 unspecified atom stereocenters. The minimum absolute atomic E-state index is 0.247. The van der Waals surface area contributed by atoms with Gasteiger partial charge < -0.3 is 0 Å². The zero-order valence-corrected chi connectivity index (χ0v) is 9.91. The molecule has 0 saturated heterocycles. The number of nitro groups is 1. The van der Waals surface area contributed by atoms with Crippen LogP contribution in [-0.4, -0.2) is 24.3 Å². The van der Waals surface area contributed by atoms with E-state index in [0.717, 1.165) is 24.3 Å². The van der Waals surface area contributed by atoms with Crippen LogP contribution >= 0.6 is 0 Å². The first-order valence-electron chi connectivity index (χ1n) is 4.65. The van der Waals surface area contributed by atoms with Crippen LogP contribution in [-0.2, 0) is 10.0 Å². The summed E-state index contributed by atoms with van der Waals surface area (Å²) in [5.41, 5.74) is -0.247. The van der Waals surface area contributed by atoms with E-state index < -0.39 is 14.9 Å². The molecule has 0 amide bonds. The van der Waals surface area contributed by atoms with Crippen LogP contribution in [0.4, 0.5) is 5.69 Å². The first-order chi connectivity index (χ1) is 8.43. The van der Waals surface area contributed by atoms with E-state index in [4.69, 9.17) is 0 Å². The fourth-order valence-electron chi connectivity index (χ4n) is 1.15. The van der Waals surface area contributed by atoms with Crippen LogP contribution in [0.1, 0.15) is 0 Å². The van der Waals surface area contributed by atoms with Gasteiger partial charge in [-0.3, -0.25) is 10.1 Å². The van der Waals surface area contributed by atoms with Crippen LogP contribution in [0.5, 0.6) is 0 Å². The van der Waals surface area contributed by atoms with Crippen molar-refractivity contribution in [2.75, 3.05) is 6.54 Å². The molecule has 1 aromatic carbocycles. The van der Waals surface area contributed by atoms with Gasteiger partial charge in [-0.1, -0.05) is 6.08 Å². The van der Waals surface area contributed by atoms with Crippen molar-refractivity contribution in [3.8, 4) is 0 Å². The third-order valence-electron chi connectivity index (χ3n) is 2.00. The van der Waals surface area contributed by atoms with E-state index in [2.05, 4.69) is 11.9 Å². The number of nitroso groups, excluding NO2 is 1. The largest absolute Gasteiger partial charge is 0.281 e. The average Bonchev–Trinajstić information content (AvgIpc) is 2.35. The highest BCUT2D eigenvalue weighted by Crippen LogP contribution is 2.19. The molecule has 0 spiro atoms. The number of rotatable bonds is 6. The molecular formula is C9H9N3O5S. The standard InChI is InChI=1S/C9H9N3O5S/c1-2-7-11(10-13)18(16,17)9-5-3-8(4-6-9)12(14)15/h2-6H,1,7H2. The Balaban J connectivity index is 3.15. The Bertz CT molecular complexity index is 566. The van der Waals surface area contributed by atoms with Crippen molar-refractivity contribution in [3.05, 3.63) is 51.9 Å². The van der Waals surface area contributed by atoms with Crippen molar-refractivity contribution in [2.24, 2.45) is 5.29 Å². The van der Waals surface area contributed by atoms with E-state index >= 15 is 0 Å². The SMILES string of the molecule is C=CCN(N=O)S(=O)(=O)c1ccc([N+](=O)[O-])cc1. The summed E-state index contributed by atoms with van der Waals surface area (Å²) in [6, 6.07) is 4.14. The molecule has 0 aliphatic heterocycles. The third-order valence-corrected chi connectivity index (χ3v) is 3.64. The van der Waals surface area contributed by atoms with Gasteiger partial charge in [0.2, 0.25) is 0 Å². The molecule has 0 aliphatic rings. The van der Waals surface area contributed by atoms with Crippen molar-refractivity contribution in [3.63, 3.8) is 0 Å². The van der Waals surface area contributed by atoms with Crippen LogP contribution in [0.15, 0.2) is 47.1 Å². The van der Waals surface area contributed by atoms with Crippen LogP contribution in [0.3, 0.4) is 0 Å². The molecule has 0 aliphatic carbocycles. The highest BCUT2D eigenvalue weighted by Gasteiger charge is 2.23. The minimum atomic E-state index is -4.10. The number of nitro benzene ring substituents is 1. The molecule has 1 rings (SSSR count). The number of hydrogen-bond acceptors (Lipinski definition) is 6. The van der Waals surface area contributed by atoms with Crippen molar-refractivity contribution < 1.29 is 13.3 Å². The van der Waals surface area contributed by atoms with Crippen molar-refractivity contribution in [1.82, 2.24) is 4.41 Å². The minimum Gasteiger partial charge on any atom is -0.258 e. The lowest BCUT2D eigenvalue weighted by Crippen LogP contribution is -2.25. The van der Waals surface area contributed by atoms with Gasteiger partial charge in [0.1, 0.15) is 0 Å². The maximum absolute atomic E-state index is 11.8. The molecule has 18 heavy (non-hydrogen) atoms. The fraction of sp³-hybridized carbons (Fsp3) is 0.111.